The molecule has 0 amide bonds. The zero-order valence-corrected chi connectivity index (χ0v) is 10.9. The number of nitrogens with zero attached hydrogens (tertiary/aromatic N) is 2. The van der Waals surface area contributed by atoms with E-state index in [9.17, 15) is 0 Å². The van der Waals surface area contributed by atoms with Gasteiger partial charge in [0.25, 0.3) is 0 Å². The Labute approximate surface area is 111 Å². The third-order valence-electron chi connectivity index (χ3n) is 3.14. The second-order valence-electron chi connectivity index (χ2n) is 4.63. The molecule has 3 rings (SSSR count). The number of aromatic nitrogens is 2. The number of hydrogen-bond acceptors (Lipinski definition) is 3. The molecule has 0 unspecified atom stereocenters. The summed E-state index contributed by atoms with van der Waals surface area (Å²) in [6.07, 6.45) is 2.47. The normalized spacial score (nSPS) is 14.6. The van der Waals surface area contributed by atoms with E-state index in [-0.39, 0.29) is 0 Å². The number of anilines is 1. The van der Waals surface area contributed by atoms with Crippen LogP contribution >= 0.6 is 11.6 Å². The van der Waals surface area contributed by atoms with Gasteiger partial charge in [-0.3, -0.25) is 0 Å². The maximum atomic E-state index is 6.11. The summed E-state index contributed by atoms with van der Waals surface area (Å²) in [5.74, 6) is 0.848. The maximum Gasteiger partial charge on any atom is 0.148 e. The fraction of sp³-hybridized carbons (Fsp3) is 0.286. The molecule has 1 aromatic carbocycles. The summed E-state index contributed by atoms with van der Waals surface area (Å²) >= 11 is 6.11. The lowest BCUT2D eigenvalue weighted by atomic mass is 10.1. The first-order valence-electron chi connectivity index (χ1n) is 6.10. The summed E-state index contributed by atoms with van der Waals surface area (Å²) < 4.78 is 0. The van der Waals surface area contributed by atoms with E-state index in [0.717, 1.165) is 27.7 Å². The minimum atomic E-state index is 0.595. The predicted octanol–water partition coefficient (Wildman–Crippen LogP) is 3.68. The molecule has 1 aromatic heterocycles. The number of rotatable bonds is 3. The van der Waals surface area contributed by atoms with Crippen molar-refractivity contribution in [2.24, 2.45) is 0 Å². The van der Waals surface area contributed by atoms with Crippen LogP contribution in [-0.4, -0.2) is 16.2 Å². The van der Waals surface area contributed by atoms with Crippen LogP contribution in [0.25, 0.3) is 11.3 Å². The highest BCUT2D eigenvalue weighted by atomic mass is 35.5. The van der Waals surface area contributed by atoms with Crippen LogP contribution in [0.3, 0.4) is 0 Å². The highest BCUT2D eigenvalue weighted by molar-refractivity contribution is 6.31. The van der Waals surface area contributed by atoms with Crippen molar-refractivity contribution in [3.05, 3.63) is 40.9 Å². The predicted molar refractivity (Wildman–Crippen MR) is 73.9 cm³/mol. The second-order valence-corrected chi connectivity index (χ2v) is 5.04. The first kappa shape index (κ1) is 11.5. The molecule has 18 heavy (non-hydrogen) atoms. The van der Waals surface area contributed by atoms with Crippen molar-refractivity contribution in [1.82, 2.24) is 10.2 Å². The molecule has 2 aromatic rings. The summed E-state index contributed by atoms with van der Waals surface area (Å²) in [6.45, 7) is 2.00. The minimum absolute atomic E-state index is 0.595. The van der Waals surface area contributed by atoms with Gasteiger partial charge < -0.3 is 5.32 Å². The van der Waals surface area contributed by atoms with Gasteiger partial charge in [0.05, 0.1) is 5.69 Å². The van der Waals surface area contributed by atoms with E-state index in [4.69, 9.17) is 11.6 Å². The maximum absolute atomic E-state index is 6.11. The van der Waals surface area contributed by atoms with E-state index in [1.165, 1.54) is 12.8 Å². The molecule has 0 saturated heterocycles. The molecule has 0 atom stereocenters. The zero-order valence-electron chi connectivity index (χ0n) is 10.2. The van der Waals surface area contributed by atoms with Crippen LogP contribution in [-0.2, 0) is 0 Å². The Hall–Kier alpha value is -1.61. The summed E-state index contributed by atoms with van der Waals surface area (Å²) in [4.78, 5) is 0. The summed E-state index contributed by atoms with van der Waals surface area (Å²) in [5, 5.41) is 12.5. The molecular formula is C14H14ClN3. The van der Waals surface area contributed by atoms with Gasteiger partial charge >= 0.3 is 0 Å². The van der Waals surface area contributed by atoms with Gasteiger partial charge in [-0.2, -0.15) is 0 Å². The van der Waals surface area contributed by atoms with E-state index in [1.54, 1.807) is 0 Å². The largest absolute Gasteiger partial charge is 0.366 e. The average molecular weight is 260 g/mol. The van der Waals surface area contributed by atoms with Crippen LogP contribution < -0.4 is 5.32 Å². The smallest absolute Gasteiger partial charge is 0.148 e. The van der Waals surface area contributed by atoms with Crippen molar-refractivity contribution in [2.45, 2.75) is 25.8 Å². The van der Waals surface area contributed by atoms with Gasteiger partial charge in [-0.05, 0) is 43.5 Å². The minimum Gasteiger partial charge on any atom is -0.366 e. The SMILES string of the molecule is Cc1c(Cl)cccc1-c1ccc(NC2CC2)nn1. The lowest BCUT2D eigenvalue weighted by molar-refractivity contribution is 1.00. The number of nitrogens with one attached hydrogen (secondary N) is 1. The lowest BCUT2D eigenvalue weighted by Gasteiger charge is -2.07. The van der Waals surface area contributed by atoms with Gasteiger partial charge in [0.1, 0.15) is 5.82 Å². The van der Waals surface area contributed by atoms with Crippen LogP contribution in [0.4, 0.5) is 5.82 Å². The zero-order chi connectivity index (χ0) is 12.5. The Morgan fingerprint density at radius 2 is 2.00 bits per heavy atom. The highest BCUT2D eigenvalue weighted by Gasteiger charge is 2.21. The topological polar surface area (TPSA) is 37.8 Å². The Bertz CT molecular complexity index is 562. The van der Waals surface area contributed by atoms with E-state index in [2.05, 4.69) is 15.5 Å². The standard InChI is InChI=1S/C14H14ClN3/c1-9-11(3-2-4-12(9)15)13-7-8-14(18-17-13)16-10-5-6-10/h2-4,7-8,10H,5-6H2,1H3,(H,16,18). The van der Waals surface area contributed by atoms with Crippen LogP contribution in [0.2, 0.25) is 5.02 Å². The number of halogens is 1. The molecule has 0 spiro atoms. The Kier molecular flexibility index (Phi) is 2.92. The Balaban J connectivity index is 1.89. The molecule has 1 heterocycles. The van der Waals surface area contributed by atoms with Gasteiger partial charge in [-0.15, -0.1) is 10.2 Å². The van der Waals surface area contributed by atoms with Crippen LogP contribution in [0.1, 0.15) is 18.4 Å². The monoisotopic (exact) mass is 259 g/mol. The van der Waals surface area contributed by atoms with Gasteiger partial charge in [0.2, 0.25) is 0 Å². The van der Waals surface area contributed by atoms with Crippen molar-refractivity contribution >= 4 is 17.4 Å². The molecular weight excluding hydrogens is 246 g/mol. The molecule has 0 radical (unpaired) electrons. The molecule has 1 saturated carbocycles. The first-order chi connectivity index (χ1) is 8.74. The fourth-order valence-electron chi connectivity index (χ4n) is 1.87. The first-order valence-corrected chi connectivity index (χ1v) is 6.47. The van der Waals surface area contributed by atoms with Crippen molar-refractivity contribution in [1.29, 1.82) is 0 Å². The van der Waals surface area contributed by atoms with Gasteiger partial charge in [0.15, 0.2) is 0 Å². The molecule has 1 N–H and O–H groups in total. The van der Waals surface area contributed by atoms with Gasteiger partial charge in [0, 0.05) is 16.6 Å². The van der Waals surface area contributed by atoms with Crippen molar-refractivity contribution in [2.75, 3.05) is 5.32 Å². The number of hydrogen-bond donors (Lipinski definition) is 1. The molecule has 1 fully saturated rings. The Morgan fingerprint density at radius 3 is 2.67 bits per heavy atom. The molecule has 3 nitrogen and oxygen atoms in total. The molecule has 1 aliphatic carbocycles. The van der Waals surface area contributed by atoms with Crippen LogP contribution in [0.15, 0.2) is 30.3 Å². The highest BCUT2D eigenvalue weighted by Crippen LogP contribution is 2.28. The third-order valence-corrected chi connectivity index (χ3v) is 3.55. The molecule has 0 bridgehead atoms. The van der Waals surface area contributed by atoms with Crippen LogP contribution in [0.5, 0.6) is 0 Å². The van der Waals surface area contributed by atoms with Crippen molar-refractivity contribution < 1.29 is 0 Å². The van der Waals surface area contributed by atoms with E-state index in [0.29, 0.717) is 6.04 Å². The van der Waals surface area contributed by atoms with E-state index < -0.39 is 0 Å². The summed E-state index contributed by atoms with van der Waals surface area (Å²) in [5.41, 5.74) is 2.93. The number of benzene rings is 1. The Morgan fingerprint density at radius 1 is 1.17 bits per heavy atom. The van der Waals surface area contributed by atoms with Crippen LogP contribution in [0, 0.1) is 6.92 Å². The van der Waals surface area contributed by atoms with E-state index in [1.807, 2.05) is 37.3 Å². The average Bonchev–Trinajstić information content (AvgIpc) is 3.18. The quantitative estimate of drug-likeness (QED) is 0.914. The fourth-order valence-corrected chi connectivity index (χ4v) is 2.05. The summed E-state index contributed by atoms with van der Waals surface area (Å²) in [7, 11) is 0. The molecule has 1 aliphatic rings. The van der Waals surface area contributed by atoms with Crippen molar-refractivity contribution in [3.8, 4) is 11.3 Å². The van der Waals surface area contributed by atoms with Gasteiger partial charge in [-0.1, -0.05) is 23.7 Å². The molecule has 92 valence electrons. The molecule has 0 aliphatic heterocycles. The summed E-state index contributed by atoms with van der Waals surface area (Å²) in [6, 6.07) is 10.4. The second kappa shape index (κ2) is 4.58. The van der Waals surface area contributed by atoms with Gasteiger partial charge in [-0.25, -0.2) is 0 Å². The lowest BCUT2D eigenvalue weighted by Crippen LogP contribution is -2.04. The molecule has 4 heteroatoms. The van der Waals surface area contributed by atoms with Crippen molar-refractivity contribution in [3.63, 3.8) is 0 Å². The third kappa shape index (κ3) is 2.31. The van der Waals surface area contributed by atoms with E-state index >= 15 is 0 Å².